The number of carbonyl (C=O) groups is 1. The molecule has 0 fully saturated rings. The van der Waals surface area contributed by atoms with E-state index in [1.165, 1.54) is 12.4 Å². The van der Waals surface area contributed by atoms with Crippen molar-refractivity contribution < 1.29 is 18.0 Å². The van der Waals surface area contributed by atoms with Crippen LogP contribution in [0.1, 0.15) is 19.5 Å². The van der Waals surface area contributed by atoms with E-state index in [1.54, 1.807) is 26.0 Å². The van der Waals surface area contributed by atoms with Gasteiger partial charge < -0.3 is 5.32 Å². The summed E-state index contributed by atoms with van der Waals surface area (Å²) >= 11 is 0. The molecule has 112 valence electrons. The normalized spacial score (nSPS) is 11.7. The molecule has 8 heteroatoms. The molecule has 2 aromatic heterocycles. The summed E-state index contributed by atoms with van der Waals surface area (Å²) < 4.78 is 40.0. The number of halogens is 3. The molecule has 5 nitrogen and oxygen atoms in total. The van der Waals surface area contributed by atoms with Gasteiger partial charge in [-0.2, -0.15) is 18.3 Å². The predicted molar refractivity (Wildman–Crippen MR) is 69.8 cm³/mol. The maximum absolute atomic E-state index is 13.0. The van der Waals surface area contributed by atoms with Crippen molar-refractivity contribution >= 4 is 11.6 Å². The van der Waals surface area contributed by atoms with E-state index in [0.29, 0.717) is 5.69 Å². The van der Waals surface area contributed by atoms with Crippen LogP contribution in [0.25, 0.3) is 5.69 Å². The third kappa shape index (κ3) is 3.39. The largest absolute Gasteiger partial charge is 0.437 e. The van der Waals surface area contributed by atoms with Crippen molar-refractivity contribution in [3.8, 4) is 5.69 Å². The van der Waals surface area contributed by atoms with Gasteiger partial charge in [0.1, 0.15) is 0 Å². The fraction of sp³-hybridized carbons (Fsp3) is 0.308. The van der Waals surface area contributed by atoms with Gasteiger partial charge in [-0.1, -0.05) is 13.8 Å². The van der Waals surface area contributed by atoms with Crippen molar-refractivity contribution in [1.29, 1.82) is 0 Å². The van der Waals surface area contributed by atoms with Crippen LogP contribution in [0, 0.1) is 5.92 Å². The molecular weight excluding hydrogens is 285 g/mol. The SMILES string of the molecule is CC(C)C(=O)Nc1cn(-c2cccnc2)nc1C(F)(F)F. The first-order valence-electron chi connectivity index (χ1n) is 6.17. The molecule has 0 saturated carbocycles. The van der Waals surface area contributed by atoms with E-state index >= 15 is 0 Å². The molecule has 0 bridgehead atoms. The van der Waals surface area contributed by atoms with E-state index in [2.05, 4.69) is 15.4 Å². The first-order valence-corrected chi connectivity index (χ1v) is 6.17. The average Bonchev–Trinajstić information content (AvgIpc) is 2.83. The maximum atomic E-state index is 13.0. The molecule has 0 aliphatic rings. The zero-order valence-corrected chi connectivity index (χ0v) is 11.3. The lowest BCUT2D eigenvalue weighted by Gasteiger charge is -2.08. The van der Waals surface area contributed by atoms with E-state index in [1.807, 2.05) is 0 Å². The molecule has 0 aromatic carbocycles. The third-order valence-electron chi connectivity index (χ3n) is 2.68. The van der Waals surface area contributed by atoms with Gasteiger partial charge in [0.05, 0.1) is 23.8 Å². The Kier molecular flexibility index (Phi) is 3.97. The van der Waals surface area contributed by atoms with E-state index < -0.39 is 23.7 Å². The molecule has 0 aliphatic heterocycles. The van der Waals surface area contributed by atoms with Crippen molar-refractivity contribution in [2.24, 2.45) is 5.92 Å². The van der Waals surface area contributed by atoms with Crippen LogP contribution in [0.2, 0.25) is 0 Å². The van der Waals surface area contributed by atoms with Gasteiger partial charge in [0, 0.05) is 12.1 Å². The number of alkyl halides is 3. The fourth-order valence-electron chi connectivity index (χ4n) is 1.57. The Balaban J connectivity index is 2.43. The summed E-state index contributed by atoms with van der Waals surface area (Å²) in [6.45, 7) is 3.18. The van der Waals surface area contributed by atoms with E-state index in [9.17, 15) is 18.0 Å². The number of nitrogens with one attached hydrogen (secondary N) is 1. The predicted octanol–water partition coefficient (Wildman–Crippen LogP) is 2.88. The Morgan fingerprint density at radius 2 is 2.10 bits per heavy atom. The highest BCUT2D eigenvalue weighted by Crippen LogP contribution is 2.34. The number of hydrogen-bond donors (Lipinski definition) is 1. The van der Waals surface area contributed by atoms with Crippen LogP contribution in [0.3, 0.4) is 0 Å². The minimum Gasteiger partial charge on any atom is -0.323 e. The molecule has 0 radical (unpaired) electrons. The van der Waals surface area contributed by atoms with Crippen molar-refractivity contribution in [1.82, 2.24) is 14.8 Å². The number of rotatable bonds is 3. The van der Waals surface area contributed by atoms with Crippen LogP contribution in [-0.2, 0) is 11.0 Å². The molecule has 2 rings (SSSR count). The van der Waals surface area contributed by atoms with Gasteiger partial charge in [0.25, 0.3) is 0 Å². The number of hydrogen-bond acceptors (Lipinski definition) is 3. The summed E-state index contributed by atoms with van der Waals surface area (Å²) in [5, 5.41) is 5.75. The molecule has 0 saturated heterocycles. The number of carbonyl (C=O) groups excluding carboxylic acids is 1. The van der Waals surface area contributed by atoms with Crippen LogP contribution in [0.15, 0.2) is 30.7 Å². The lowest BCUT2D eigenvalue weighted by Crippen LogP contribution is -2.20. The van der Waals surface area contributed by atoms with Gasteiger partial charge in [-0.15, -0.1) is 0 Å². The number of amides is 1. The molecule has 0 atom stereocenters. The van der Waals surface area contributed by atoms with Gasteiger partial charge >= 0.3 is 6.18 Å². The molecule has 2 heterocycles. The highest BCUT2D eigenvalue weighted by Gasteiger charge is 2.38. The molecule has 1 amide bonds. The zero-order chi connectivity index (χ0) is 15.6. The highest BCUT2D eigenvalue weighted by molar-refractivity contribution is 5.92. The quantitative estimate of drug-likeness (QED) is 0.948. The molecule has 0 aliphatic carbocycles. The lowest BCUT2D eigenvalue weighted by molar-refractivity contribution is -0.140. The second-order valence-corrected chi connectivity index (χ2v) is 4.69. The summed E-state index contributed by atoms with van der Waals surface area (Å²) in [6.07, 6.45) is -0.659. The molecular formula is C13H13F3N4O. The third-order valence-corrected chi connectivity index (χ3v) is 2.68. The number of anilines is 1. The first kappa shape index (κ1) is 15.0. The Morgan fingerprint density at radius 1 is 1.38 bits per heavy atom. The number of pyridine rings is 1. The standard InChI is InChI=1S/C13H13F3N4O/c1-8(2)12(21)18-10-7-20(9-4-3-5-17-6-9)19-11(10)13(14,15)16/h3-8H,1-2H3,(H,18,21). The summed E-state index contributed by atoms with van der Waals surface area (Å²) in [6, 6.07) is 3.14. The Bertz CT molecular complexity index is 635. The van der Waals surface area contributed by atoms with E-state index in [4.69, 9.17) is 0 Å². The van der Waals surface area contributed by atoms with E-state index in [0.717, 1.165) is 10.9 Å². The smallest absolute Gasteiger partial charge is 0.323 e. The average molecular weight is 298 g/mol. The lowest BCUT2D eigenvalue weighted by atomic mass is 10.2. The summed E-state index contributed by atoms with van der Waals surface area (Å²) in [5.74, 6) is -0.945. The molecule has 2 aromatic rings. The van der Waals surface area contributed by atoms with E-state index in [-0.39, 0.29) is 5.69 Å². The summed E-state index contributed by atoms with van der Waals surface area (Å²) in [5.41, 5.74) is -1.14. The van der Waals surface area contributed by atoms with Gasteiger partial charge in [-0.25, -0.2) is 4.68 Å². The van der Waals surface area contributed by atoms with Gasteiger partial charge in [-0.3, -0.25) is 9.78 Å². The van der Waals surface area contributed by atoms with Gasteiger partial charge in [0.15, 0.2) is 5.69 Å². The minimum atomic E-state index is -4.66. The molecule has 21 heavy (non-hydrogen) atoms. The van der Waals surface area contributed by atoms with Gasteiger partial charge in [-0.05, 0) is 12.1 Å². The van der Waals surface area contributed by atoms with Crippen LogP contribution < -0.4 is 5.32 Å². The van der Waals surface area contributed by atoms with Gasteiger partial charge in [0.2, 0.25) is 5.91 Å². The fourth-order valence-corrected chi connectivity index (χ4v) is 1.57. The zero-order valence-electron chi connectivity index (χ0n) is 11.3. The topological polar surface area (TPSA) is 59.8 Å². The molecule has 1 N–H and O–H groups in total. The molecule has 0 spiro atoms. The van der Waals surface area contributed by atoms with Crippen LogP contribution in [0.4, 0.5) is 18.9 Å². The maximum Gasteiger partial charge on any atom is 0.437 e. The summed E-state index contributed by atoms with van der Waals surface area (Å²) in [7, 11) is 0. The van der Waals surface area contributed by atoms with Crippen LogP contribution in [0.5, 0.6) is 0 Å². The Labute approximate surface area is 118 Å². The Morgan fingerprint density at radius 3 is 2.62 bits per heavy atom. The Hall–Kier alpha value is -2.38. The molecule has 0 unspecified atom stereocenters. The van der Waals surface area contributed by atoms with Crippen molar-refractivity contribution in [2.45, 2.75) is 20.0 Å². The van der Waals surface area contributed by atoms with Crippen molar-refractivity contribution in [3.63, 3.8) is 0 Å². The van der Waals surface area contributed by atoms with Crippen molar-refractivity contribution in [3.05, 3.63) is 36.4 Å². The first-order chi connectivity index (χ1) is 9.79. The number of nitrogens with zero attached hydrogens (tertiary/aromatic N) is 3. The minimum absolute atomic E-state index is 0.369. The summed E-state index contributed by atoms with van der Waals surface area (Å²) in [4.78, 5) is 15.4. The second kappa shape index (κ2) is 5.55. The van der Waals surface area contributed by atoms with Crippen LogP contribution in [-0.4, -0.2) is 20.7 Å². The second-order valence-electron chi connectivity index (χ2n) is 4.69. The number of aromatic nitrogens is 3. The monoisotopic (exact) mass is 298 g/mol. The highest BCUT2D eigenvalue weighted by atomic mass is 19.4. The van der Waals surface area contributed by atoms with Crippen LogP contribution >= 0.6 is 0 Å². The van der Waals surface area contributed by atoms with Crippen molar-refractivity contribution in [2.75, 3.05) is 5.32 Å².